The molecule has 1 saturated heterocycles. The summed E-state index contributed by atoms with van der Waals surface area (Å²) in [4.78, 5) is 25.8. The van der Waals surface area contributed by atoms with Crippen molar-refractivity contribution in [3.05, 3.63) is 59.4 Å². The molecule has 1 N–H and O–H groups in total. The lowest BCUT2D eigenvalue weighted by Gasteiger charge is -2.38. The van der Waals surface area contributed by atoms with E-state index in [1.165, 1.54) is 6.33 Å². The average Bonchev–Trinajstić information content (AvgIpc) is 3.54. The van der Waals surface area contributed by atoms with Gasteiger partial charge in [0.05, 0.1) is 17.4 Å². The summed E-state index contributed by atoms with van der Waals surface area (Å²) in [5, 5.41) is 11.0. The van der Waals surface area contributed by atoms with Crippen molar-refractivity contribution in [1.29, 1.82) is 0 Å². The molecular formula is C27H33FN8O2. The number of fused-ring (bicyclic) bond motifs is 1. The van der Waals surface area contributed by atoms with Crippen LogP contribution in [0.5, 0.6) is 0 Å². The van der Waals surface area contributed by atoms with Crippen LogP contribution in [-0.2, 0) is 12.0 Å². The number of hydrogen-bond donors (Lipinski definition) is 1. The summed E-state index contributed by atoms with van der Waals surface area (Å²) in [5.74, 6) is -0.567. The van der Waals surface area contributed by atoms with Crippen LogP contribution in [0.2, 0.25) is 0 Å². The zero-order valence-corrected chi connectivity index (χ0v) is 22.6. The van der Waals surface area contributed by atoms with E-state index in [0.29, 0.717) is 34.3 Å². The SMILES string of the molecule is Cc1c(CNC(=O)c2nc(C(C)(C)C)no2)ccc(-c2ncnn3cc(N4CCN(C)[C@@H](C)C4)cc23)c1F. The largest absolute Gasteiger partial charge is 0.367 e. The molecule has 1 aliphatic rings. The average molecular weight is 521 g/mol. The topological polar surface area (TPSA) is 105 Å². The lowest BCUT2D eigenvalue weighted by molar-refractivity contribution is 0.0907. The zero-order valence-electron chi connectivity index (χ0n) is 22.6. The van der Waals surface area contributed by atoms with E-state index in [1.807, 2.05) is 33.0 Å². The van der Waals surface area contributed by atoms with Gasteiger partial charge >= 0.3 is 11.8 Å². The summed E-state index contributed by atoms with van der Waals surface area (Å²) in [6, 6.07) is 5.95. The van der Waals surface area contributed by atoms with Gasteiger partial charge in [-0.3, -0.25) is 4.79 Å². The fraction of sp³-hybridized carbons (Fsp3) is 0.444. The Labute approximate surface area is 220 Å². The number of amides is 1. The van der Waals surface area contributed by atoms with Gasteiger partial charge in [-0.05, 0) is 44.2 Å². The highest BCUT2D eigenvalue weighted by molar-refractivity contribution is 5.89. The second kappa shape index (κ2) is 9.79. The summed E-state index contributed by atoms with van der Waals surface area (Å²) in [6.45, 7) is 12.6. The fourth-order valence-corrected chi connectivity index (χ4v) is 4.55. The van der Waals surface area contributed by atoms with E-state index >= 15 is 4.39 Å². The van der Waals surface area contributed by atoms with Crippen molar-refractivity contribution in [3.63, 3.8) is 0 Å². The maximum absolute atomic E-state index is 15.7. The first kappa shape index (κ1) is 25.8. The Morgan fingerprint density at radius 1 is 1.26 bits per heavy atom. The van der Waals surface area contributed by atoms with Crippen molar-refractivity contribution in [2.75, 3.05) is 31.6 Å². The molecule has 5 rings (SSSR count). The molecule has 1 aromatic carbocycles. The Morgan fingerprint density at radius 2 is 2.05 bits per heavy atom. The molecule has 1 fully saturated rings. The van der Waals surface area contributed by atoms with E-state index in [9.17, 15) is 4.79 Å². The van der Waals surface area contributed by atoms with E-state index in [4.69, 9.17) is 4.52 Å². The van der Waals surface area contributed by atoms with Crippen LogP contribution in [0.15, 0.2) is 35.2 Å². The van der Waals surface area contributed by atoms with Crippen LogP contribution in [0.25, 0.3) is 16.8 Å². The molecule has 38 heavy (non-hydrogen) atoms. The second-order valence-electron chi connectivity index (χ2n) is 11.0. The number of piperazine rings is 1. The van der Waals surface area contributed by atoms with Gasteiger partial charge in [-0.15, -0.1) is 0 Å². The number of carbonyl (C=O) groups is 1. The number of aromatic nitrogens is 5. The Balaban J connectivity index is 1.37. The van der Waals surface area contributed by atoms with Crippen molar-refractivity contribution < 1.29 is 13.7 Å². The third-order valence-corrected chi connectivity index (χ3v) is 7.20. The summed E-state index contributed by atoms with van der Waals surface area (Å²) in [5.41, 5.74) is 3.41. The molecule has 4 aromatic rings. The first-order valence-corrected chi connectivity index (χ1v) is 12.7. The highest BCUT2D eigenvalue weighted by Gasteiger charge is 2.25. The predicted molar refractivity (Wildman–Crippen MR) is 142 cm³/mol. The van der Waals surface area contributed by atoms with Crippen LogP contribution in [0.3, 0.4) is 0 Å². The van der Waals surface area contributed by atoms with Crippen LogP contribution in [0.4, 0.5) is 10.1 Å². The normalized spacial score (nSPS) is 16.8. The molecule has 1 amide bonds. The van der Waals surface area contributed by atoms with Gasteiger partial charge in [-0.2, -0.15) is 10.1 Å². The van der Waals surface area contributed by atoms with Crippen molar-refractivity contribution in [2.45, 2.75) is 52.6 Å². The summed E-state index contributed by atoms with van der Waals surface area (Å²) >= 11 is 0. The van der Waals surface area contributed by atoms with E-state index in [0.717, 1.165) is 30.8 Å². The first-order valence-electron chi connectivity index (χ1n) is 12.7. The summed E-state index contributed by atoms with van der Waals surface area (Å²) in [6.07, 6.45) is 3.41. The Hall–Kier alpha value is -3.86. The maximum Gasteiger partial charge on any atom is 0.315 e. The van der Waals surface area contributed by atoms with Gasteiger partial charge in [-0.1, -0.05) is 32.0 Å². The van der Waals surface area contributed by atoms with Crippen molar-refractivity contribution in [1.82, 2.24) is 35.0 Å². The van der Waals surface area contributed by atoms with Crippen molar-refractivity contribution in [2.24, 2.45) is 0 Å². The number of anilines is 1. The highest BCUT2D eigenvalue weighted by Crippen LogP contribution is 2.31. The molecule has 3 aromatic heterocycles. The Bertz CT molecular complexity index is 1490. The van der Waals surface area contributed by atoms with Gasteiger partial charge < -0.3 is 19.6 Å². The van der Waals surface area contributed by atoms with E-state index in [1.54, 1.807) is 23.6 Å². The maximum atomic E-state index is 15.7. The summed E-state index contributed by atoms with van der Waals surface area (Å²) in [7, 11) is 2.13. The standard InChI is InChI=1S/C27H33FN8O2/c1-16-13-35(10-9-34(16)6)19-11-21-23(30-15-31-36(21)14-19)20-8-7-18(17(2)22(20)28)12-29-24(37)25-32-26(33-38-25)27(3,4)5/h7-8,11,14-16H,9-10,12-13H2,1-6H3,(H,29,37)/t16-/m0/s1. The third kappa shape index (κ3) is 4.85. The molecule has 0 spiro atoms. The van der Waals surface area contributed by atoms with Crippen LogP contribution in [0.1, 0.15) is 55.3 Å². The molecule has 0 bridgehead atoms. The minimum absolute atomic E-state index is 0.116. The number of likely N-dealkylation sites (N-methyl/N-ethyl adjacent to an activating group) is 1. The lowest BCUT2D eigenvalue weighted by Crippen LogP contribution is -2.50. The number of carbonyl (C=O) groups excluding carboxylic acids is 1. The number of nitrogens with zero attached hydrogens (tertiary/aromatic N) is 7. The predicted octanol–water partition coefficient (Wildman–Crippen LogP) is 3.59. The molecule has 0 unspecified atom stereocenters. The lowest BCUT2D eigenvalue weighted by atomic mass is 9.96. The first-order chi connectivity index (χ1) is 18.0. The Kier molecular flexibility index (Phi) is 6.64. The quantitative estimate of drug-likeness (QED) is 0.426. The van der Waals surface area contributed by atoms with Crippen molar-refractivity contribution >= 4 is 17.1 Å². The number of halogens is 1. The third-order valence-electron chi connectivity index (χ3n) is 7.20. The molecule has 11 heteroatoms. The highest BCUT2D eigenvalue weighted by atomic mass is 19.1. The molecule has 200 valence electrons. The molecule has 4 heterocycles. The van der Waals surface area contributed by atoms with Crippen LogP contribution < -0.4 is 10.2 Å². The molecule has 0 saturated carbocycles. The van der Waals surface area contributed by atoms with Gasteiger partial charge in [0.15, 0.2) is 5.82 Å². The van der Waals surface area contributed by atoms with Gasteiger partial charge in [0.1, 0.15) is 17.8 Å². The van der Waals surface area contributed by atoms with Crippen LogP contribution >= 0.6 is 0 Å². The molecule has 10 nitrogen and oxygen atoms in total. The van der Waals surface area contributed by atoms with Crippen LogP contribution in [0, 0.1) is 12.7 Å². The minimum Gasteiger partial charge on any atom is -0.367 e. The monoisotopic (exact) mass is 520 g/mol. The molecule has 0 radical (unpaired) electrons. The van der Waals surface area contributed by atoms with Crippen LogP contribution in [-0.4, -0.2) is 68.3 Å². The Morgan fingerprint density at radius 3 is 2.76 bits per heavy atom. The minimum atomic E-state index is -0.506. The smallest absolute Gasteiger partial charge is 0.315 e. The molecule has 1 aliphatic heterocycles. The van der Waals surface area contributed by atoms with E-state index in [2.05, 4.69) is 49.3 Å². The van der Waals surface area contributed by atoms with Gasteiger partial charge in [0.25, 0.3) is 0 Å². The van der Waals surface area contributed by atoms with Gasteiger partial charge in [0.2, 0.25) is 0 Å². The van der Waals surface area contributed by atoms with Gasteiger partial charge in [-0.25, -0.2) is 13.9 Å². The summed E-state index contributed by atoms with van der Waals surface area (Å²) < 4.78 is 22.5. The number of benzene rings is 1. The molecule has 1 atom stereocenters. The second-order valence-corrected chi connectivity index (χ2v) is 11.0. The number of nitrogens with one attached hydrogen (secondary N) is 1. The number of hydrogen-bond acceptors (Lipinski definition) is 8. The van der Waals surface area contributed by atoms with Crippen molar-refractivity contribution in [3.8, 4) is 11.3 Å². The fourth-order valence-electron chi connectivity index (χ4n) is 4.55. The number of rotatable bonds is 5. The molecular weight excluding hydrogens is 487 g/mol. The molecule has 0 aliphatic carbocycles. The van der Waals surface area contributed by atoms with Gasteiger partial charge in [0, 0.05) is 43.2 Å². The van der Waals surface area contributed by atoms with E-state index in [-0.39, 0.29) is 23.7 Å². The van der Waals surface area contributed by atoms with E-state index < -0.39 is 5.91 Å². The zero-order chi connectivity index (χ0) is 27.2.